The molecule has 0 aliphatic heterocycles. The van der Waals surface area contributed by atoms with Crippen LogP contribution in [0.1, 0.15) is 24.9 Å². The van der Waals surface area contributed by atoms with Crippen LogP contribution in [0.3, 0.4) is 0 Å². The minimum Gasteiger partial charge on any atom is -0.497 e. The summed E-state index contributed by atoms with van der Waals surface area (Å²) in [6, 6.07) is 14.9. The van der Waals surface area contributed by atoms with Gasteiger partial charge in [-0.3, -0.25) is 4.79 Å². The van der Waals surface area contributed by atoms with E-state index in [1.807, 2.05) is 43.3 Å². The van der Waals surface area contributed by atoms with E-state index in [1.165, 1.54) is 0 Å². The number of rotatable bonds is 8. The Hall–Kier alpha value is -2.69. The molecule has 2 aromatic carbocycles. The van der Waals surface area contributed by atoms with Crippen LogP contribution < -0.4 is 19.5 Å². The van der Waals surface area contributed by atoms with Gasteiger partial charge in [-0.15, -0.1) is 0 Å². The average molecular weight is 329 g/mol. The number of carbonyl (C=O) groups is 1. The van der Waals surface area contributed by atoms with Crippen molar-refractivity contribution in [3.05, 3.63) is 54.1 Å². The van der Waals surface area contributed by atoms with E-state index in [4.69, 9.17) is 14.2 Å². The summed E-state index contributed by atoms with van der Waals surface area (Å²) in [7, 11) is 3.20. The molecule has 1 atom stereocenters. The van der Waals surface area contributed by atoms with E-state index in [-0.39, 0.29) is 18.6 Å². The minimum absolute atomic E-state index is 0.0625. The number of nitrogens with one attached hydrogen (secondary N) is 1. The molecule has 0 aliphatic carbocycles. The van der Waals surface area contributed by atoms with Gasteiger partial charge in [0.1, 0.15) is 5.75 Å². The summed E-state index contributed by atoms with van der Waals surface area (Å²) in [6.07, 6.45) is 0.784. The third-order valence-corrected chi connectivity index (χ3v) is 3.69. The molecule has 0 aromatic heterocycles. The highest BCUT2D eigenvalue weighted by Crippen LogP contribution is 2.25. The molecule has 2 aromatic rings. The van der Waals surface area contributed by atoms with Crippen molar-refractivity contribution in [2.75, 3.05) is 20.8 Å². The van der Waals surface area contributed by atoms with E-state index >= 15 is 0 Å². The van der Waals surface area contributed by atoms with Gasteiger partial charge < -0.3 is 19.5 Å². The van der Waals surface area contributed by atoms with Crippen molar-refractivity contribution < 1.29 is 19.0 Å². The second kappa shape index (κ2) is 8.82. The number of hydrogen-bond acceptors (Lipinski definition) is 4. The lowest BCUT2D eigenvalue weighted by Gasteiger charge is -2.18. The molecule has 128 valence electrons. The Bertz CT molecular complexity index is 655. The van der Waals surface area contributed by atoms with Gasteiger partial charge in [-0.05, 0) is 36.2 Å². The zero-order chi connectivity index (χ0) is 17.4. The van der Waals surface area contributed by atoms with Gasteiger partial charge in [0.25, 0.3) is 5.91 Å². The largest absolute Gasteiger partial charge is 0.497 e. The van der Waals surface area contributed by atoms with Gasteiger partial charge in [-0.2, -0.15) is 0 Å². The van der Waals surface area contributed by atoms with Crippen LogP contribution in [0.15, 0.2) is 48.5 Å². The lowest BCUT2D eigenvalue weighted by atomic mass is 10.0. The predicted octanol–water partition coefficient (Wildman–Crippen LogP) is 3.35. The maximum Gasteiger partial charge on any atom is 0.258 e. The minimum atomic E-state index is -0.177. The smallest absolute Gasteiger partial charge is 0.258 e. The summed E-state index contributed by atoms with van der Waals surface area (Å²) >= 11 is 0. The third kappa shape index (κ3) is 4.65. The van der Waals surface area contributed by atoms with Crippen LogP contribution in [0.5, 0.6) is 17.2 Å². The van der Waals surface area contributed by atoms with E-state index in [9.17, 15) is 4.79 Å². The van der Waals surface area contributed by atoms with Gasteiger partial charge in [0.15, 0.2) is 18.1 Å². The summed E-state index contributed by atoms with van der Waals surface area (Å²) < 4.78 is 15.9. The average Bonchev–Trinajstić information content (AvgIpc) is 2.64. The number of para-hydroxylation sites is 2. The maximum atomic E-state index is 12.2. The molecule has 5 nitrogen and oxygen atoms in total. The van der Waals surface area contributed by atoms with Crippen LogP contribution in [-0.2, 0) is 4.79 Å². The van der Waals surface area contributed by atoms with E-state index in [1.54, 1.807) is 26.4 Å². The van der Waals surface area contributed by atoms with Crippen LogP contribution in [0.4, 0.5) is 0 Å². The number of benzene rings is 2. The van der Waals surface area contributed by atoms with Crippen LogP contribution >= 0.6 is 0 Å². The first-order valence-corrected chi connectivity index (χ1v) is 7.87. The van der Waals surface area contributed by atoms with E-state index < -0.39 is 0 Å². The molecule has 0 bridgehead atoms. The Morgan fingerprint density at radius 1 is 1.00 bits per heavy atom. The first-order chi connectivity index (χ1) is 11.7. The maximum absolute atomic E-state index is 12.2. The Balaban J connectivity index is 1.94. The second-order valence-electron chi connectivity index (χ2n) is 5.24. The van der Waals surface area contributed by atoms with Crippen molar-refractivity contribution in [3.8, 4) is 17.2 Å². The monoisotopic (exact) mass is 329 g/mol. The zero-order valence-corrected chi connectivity index (χ0v) is 14.2. The summed E-state index contributed by atoms with van der Waals surface area (Å²) in [6.45, 7) is 1.96. The van der Waals surface area contributed by atoms with Crippen LogP contribution in [0.2, 0.25) is 0 Å². The third-order valence-electron chi connectivity index (χ3n) is 3.69. The molecule has 0 saturated carbocycles. The molecule has 0 saturated heterocycles. The summed E-state index contributed by atoms with van der Waals surface area (Å²) in [5.74, 6) is 1.77. The Kier molecular flexibility index (Phi) is 6.49. The normalized spacial score (nSPS) is 11.5. The van der Waals surface area contributed by atoms with Crippen LogP contribution in [-0.4, -0.2) is 26.7 Å². The molecule has 0 fully saturated rings. The molecule has 24 heavy (non-hydrogen) atoms. The summed E-state index contributed by atoms with van der Waals surface area (Å²) in [5, 5.41) is 2.98. The first kappa shape index (κ1) is 17.7. The van der Waals surface area contributed by atoms with Gasteiger partial charge in [0.05, 0.1) is 20.3 Å². The van der Waals surface area contributed by atoms with Gasteiger partial charge in [0.2, 0.25) is 0 Å². The topological polar surface area (TPSA) is 56.8 Å². The molecule has 0 radical (unpaired) electrons. The number of methoxy groups -OCH3 is 2. The number of hydrogen-bond donors (Lipinski definition) is 1. The molecule has 5 heteroatoms. The number of ether oxygens (including phenoxy) is 3. The first-order valence-electron chi connectivity index (χ1n) is 7.87. The number of carbonyl (C=O) groups excluding carboxylic acids is 1. The highest BCUT2D eigenvalue weighted by atomic mass is 16.5. The molecule has 1 unspecified atom stereocenters. The molecule has 1 N–H and O–H groups in total. The van der Waals surface area contributed by atoms with Gasteiger partial charge in [0, 0.05) is 0 Å². The van der Waals surface area contributed by atoms with Gasteiger partial charge >= 0.3 is 0 Å². The SMILES string of the molecule is CCC(NC(=O)COc1ccccc1OC)c1ccc(OC)cc1. The quantitative estimate of drug-likeness (QED) is 0.807. The Morgan fingerprint density at radius 2 is 1.67 bits per heavy atom. The lowest BCUT2D eigenvalue weighted by molar-refractivity contribution is -0.123. The fourth-order valence-corrected chi connectivity index (χ4v) is 2.37. The molecule has 1 amide bonds. The van der Waals surface area contributed by atoms with Crippen LogP contribution in [0, 0.1) is 0 Å². The highest BCUT2D eigenvalue weighted by Gasteiger charge is 2.14. The molecular formula is C19H23NO4. The van der Waals surface area contributed by atoms with Crippen molar-refractivity contribution >= 4 is 5.91 Å². The predicted molar refractivity (Wildman–Crippen MR) is 92.7 cm³/mol. The van der Waals surface area contributed by atoms with Crippen molar-refractivity contribution in [3.63, 3.8) is 0 Å². The fraction of sp³-hybridized carbons (Fsp3) is 0.316. The fourth-order valence-electron chi connectivity index (χ4n) is 2.37. The molecule has 0 spiro atoms. The van der Waals surface area contributed by atoms with Crippen molar-refractivity contribution in [2.24, 2.45) is 0 Å². The standard InChI is InChI=1S/C19H23NO4/c1-4-16(14-9-11-15(22-2)12-10-14)20-19(21)13-24-18-8-6-5-7-17(18)23-3/h5-12,16H,4,13H2,1-3H3,(H,20,21). The van der Waals surface area contributed by atoms with Gasteiger partial charge in [-0.1, -0.05) is 31.2 Å². The molecule has 0 aliphatic rings. The Labute approximate surface area is 142 Å². The molecular weight excluding hydrogens is 306 g/mol. The summed E-state index contributed by atoms with van der Waals surface area (Å²) in [5.41, 5.74) is 1.03. The number of amides is 1. The molecule has 0 heterocycles. The Morgan fingerprint density at radius 3 is 2.25 bits per heavy atom. The van der Waals surface area contributed by atoms with E-state index in [0.29, 0.717) is 11.5 Å². The van der Waals surface area contributed by atoms with E-state index in [0.717, 1.165) is 17.7 Å². The van der Waals surface area contributed by atoms with Crippen molar-refractivity contribution in [1.29, 1.82) is 0 Å². The van der Waals surface area contributed by atoms with Gasteiger partial charge in [-0.25, -0.2) is 0 Å². The second-order valence-corrected chi connectivity index (χ2v) is 5.24. The highest BCUT2D eigenvalue weighted by molar-refractivity contribution is 5.78. The van der Waals surface area contributed by atoms with Crippen LogP contribution in [0.25, 0.3) is 0 Å². The zero-order valence-electron chi connectivity index (χ0n) is 14.2. The van der Waals surface area contributed by atoms with E-state index in [2.05, 4.69) is 5.32 Å². The lowest BCUT2D eigenvalue weighted by Crippen LogP contribution is -2.32. The summed E-state index contributed by atoms with van der Waals surface area (Å²) in [4.78, 5) is 12.2. The molecule has 2 rings (SSSR count). The van der Waals surface area contributed by atoms with Crippen molar-refractivity contribution in [2.45, 2.75) is 19.4 Å². The van der Waals surface area contributed by atoms with Crippen molar-refractivity contribution in [1.82, 2.24) is 5.32 Å².